The minimum absolute atomic E-state index is 0.00661. The highest BCUT2D eigenvalue weighted by molar-refractivity contribution is 7.11. The smallest absolute Gasteiger partial charge is 0.241 e. The molecule has 1 saturated heterocycles. The van der Waals surface area contributed by atoms with E-state index < -0.39 is 0 Å². The number of hydrogen-bond acceptors (Lipinski definition) is 6. The lowest BCUT2D eigenvalue weighted by atomic mass is 10.2. The minimum Gasteiger partial charge on any atom is -0.378 e. The number of aryl methyl sites for hydroxylation is 1. The molecule has 7 heteroatoms. The Morgan fingerprint density at radius 1 is 1.35 bits per heavy atom. The van der Waals surface area contributed by atoms with E-state index in [0.29, 0.717) is 0 Å². The quantitative estimate of drug-likeness (QED) is 0.843. The van der Waals surface area contributed by atoms with Crippen molar-refractivity contribution in [3.05, 3.63) is 40.3 Å². The second kappa shape index (κ2) is 8.62. The van der Waals surface area contributed by atoms with Gasteiger partial charge in [-0.05, 0) is 45.2 Å². The van der Waals surface area contributed by atoms with Gasteiger partial charge >= 0.3 is 0 Å². The van der Waals surface area contributed by atoms with Gasteiger partial charge in [0, 0.05) is 42.1 Å². The van der Waals surface area contributed by atoms with Crippen LogP contribution in [0.3, 0.4) is 0 Å². The summed E-state index contributed by atoms with van der Waals surface area (Å²) in [4.78, 5) is 22.3. The van der Waals surface area contributed by atoms with Gasteiger partial charge in [-0.2, -0.15) is 0 Å². The Hall–Kier alpha value is -1.96. The molecular formula is C19H26N4O2S. The number of ether oxygens (including phenoxy) is 1. The Morgan fingerprint density at radius 2 is 2.04 bits per heavy atom. The summed E-state index contributed by atoms with van der Waals surface area (Å²) in [6, 6.07) is 7.80. The molecule has 0 bridgehead atoms. The number of nitrogens with one attached hydrogen (secondary N) is 1. The molecule has 0 aliphatic carbocycles. The van der Waals surface area contributed by atoms with E-state index in [4.69, 9.17) is 4.74 Å². The predicted octanol–water partition coefficient (Wildman–Crippen LogP) is 2.75. The van der Waals surface area contributed by atoms with Gasteiger partial charge in [-0.25, -0.2) is 4.98 Å². The van der Waals surface area contributed by atoms with Crippen molar-refractivity contribution in [1.29, 1.82) is 0 Å². The number of anilines is 2. The number of carbonyl (C=O) groups excluding carboxylic acids is 1. The average molecular weight is 375 g/mol. The molecule has 1 fully saturated rings. The Labute approximate surface area is 158 Å². The van der Waals surface area contributed by atoms with Gasteiger partial charge in [0.05, 0.1) is 24.3 Å². The van der Waals surface area contributed by atoms with Crippen LogP contribution in [0.15, 0.2) is 30.5 Å². The van der Waals surface area contributed by atoms with E-state index in [1.807, 2.05) is 44.1 Å². The van der Waals surface area contributed by atoms with Crippen LogP contribution in [-0.4, -0.2) is 55.2 Å². The first kappa shape index (κ1) is 18.8. The lowest BCUT2D eigenvalue weighted by Crippen LogP contribution is -2.39. The number of nitrogens with zero attached hydrogens (tertiary/aromatic N) is 3. The molecule has 1 amide bonds. The SMILES string of the molecule is Cc1ncc(CN(C)[C@@H](C)C(=O)Nc2ccc(N3CCOCC3)cc2)s1. The molecule has 6 nitrogen and oxygen atoms in total. The second-order valence-electron chi connectivity index (χ2n) is 6.57. The third-order valence-corrected chi connectivity index (χ3v) is 5.52. The van der Waals surface area contributed by atoms with Crippen molar-refractivity contribution in [3.63, 3.8) is 0 Å². The number of amides is 1. The van der Waals surface area contributed by atoms with Crippen LogP contribution < -0.4 is 10.2 Å². The van der Waals surface area contributed by atoms with Gasteiger partial charge in [0.2, 0.25) is 5.91 Å². The van der Waals surface area contributed by atoms with Crippen molar-refractivity contribution in [2.45, 2.75) is 26.4 Å². The Morgan fingerprint density at radius 3 is 2.65 bits per heavy atom. The van der Waals surface area contributed by atoms with Crippen LogP contribution >= 0.6 is 11.3 Å². The van der Waals surface area contributed by atoms with E-state index in [9.17, 15) is 4.79 Å². The molecule has 0 radical (unpaired) electrons. The topological polar surface area (TPSA) is 57.7 Å². The molecule has 1 N–H and O–H groups in total. The van der Waals surface area contributed by atoms with E-state index in [0.717, 1.165) is 49.2 Å². The number of rotatable bonds is 6. The highest BCUT2D eigenvalue weighted by atomic mass is 32.1. The molecule has 1 aliphatic heterocycles. The van der Waals surface area contributed by atoms with E-state index in [-0.39, 0.29) is 11.9 Å². The van der Waals surface area contributed by atoms with Gasteiger partial charge in [-0.3, -0.25) is 9.69 Å². The lowest BCUT2D eigenvalue weighted by Gasteiger charge is -2.29. The van der Waals surface area contributed by atoms with Gasteiger partial charge in [0.25, 0.3) is 0 Å². The Balaban J connectivity index is 1.54. The van der Waals surface area contributed by atoms with Crippen LogP contribution in [-0.2, 0) is 16.1 Å². The van der Waals surface area contributed by atoms with Crippen molar-refractivity contribution in [2.75, 3.05) is 43.6 Å². The number of morpholine rings is 1. The molecule has 1 aliphatic rings. The standard InChI is InChI=1S/C19H26N4O2S/c1-14(22(3)13-18-12-20-15(2)26-18)19(24)21-16-4-6-17(7-5-16)23-8-10-25-11-9-23/h4-7,12,14H,8-11,13H2,1-3H3,(H,21,24)/t14-/m0/s1. The maximum Gasteiger partial charge on any atom is 0.241 e. The van der Waals surface area contributed by atoms with Gasteiger partial charge in [-0.15, -0.1) is 11.3 Å². The molecule has 0 saturated carbocycles. The monoisotopic (exact) mass is 374 g/mol. The van der Waals surface area contributed by atoms with E-state index in [1.54, 1.807) is 11.3 Å². The fourth-order valence-electron chi connectivity index (χ4n) is 2.89. The number of hydrogen-bond donors (Lipinski definition) is 1. The van der Waals surface area contributed by atoms with Crippen LogP contribution in [0.5, 0.6) is 0 Å². The molecule has 2 aromatic rings. The zero-order valence-corrected chi connectivity index (χ0v) is 16.4. The second-order valence-corrected chi connectivity index (χ2v) is 7.89. The Bertz CT molecular complexity index is 725. The first-order valence-electron chi connectivity index (χ1n) is 8.88. The lowest BCUT2D eigenvalue weighted by molar-refractivity contribution is -0.120. The number of benzene rings is 1. The van der Waals surface area contributed by atoms with E-state index >= 15 is 0 Å². The van der Waals surface area contributed by atoms with E-state index in [2.05, 4.69) is 27.3 Å². The average Bonchev–Trinajstić information content (AvgIpc) is 3.07. The van der Waals surface area contributed by atoms with Gasteiger partial charge in [0.1, 0.15) is 0 Å². The number of carbonyl (C=O) groups is 1. The predicted molar refractivity (Wildman–Crippen MR) is 106 cm³/mol. The molecule has 3 rings (SSSR count). The summed E-state index contributed by atoms with van der Waals surface area (Å²) >= 11 is 1.67. The van der Waals surface area contributed by atoms with Crippen molar-refractivity contribution in [3.8, 4) is 0 Å². The first-order valence-corrected chi connectivity index (χ1v) is 9.70. The molecule has 1 aromatic carbocycles. The summed E-state index contributed by atoms with van der Waals surface area (Å²) in [5, 5.41) is 4.05. The molecule has 26 heavy (non-hydrogen) atoms. The van der Waals surface area contributed by atoms with Crippen LogP contribution in [0.2, 0.25) is 0 Å². The summed E-state index contributed by atoms with van der Waals surface area (Å²) < 4.78 is 5.38. The fourth-order valence-corrected chi connectivity index (χ4v) is 3.74. The van der Waals surface area contributed by atoms with Crippen LogP contribution in [0.1, 0.15) is 16.8 Å². The molecule has 1 atom stereocenters. The normalized spacial score (nSPS) is 15.9. The zero-order chi connectivity index (χ0) is 18.5. The molecule has 2 heterocycles. The molecule has 0 spiro atoms. The fraction of sp³-hybridized carbons (Fsp3) is 0.474. The summed E-state index contributed by atoms with van der Waals surface area (Å²) in [6.07, 6.45) is 1.88. The van der Waals surface area contributed by atoms with Crippen molar-refractivity contribution in [2.24, 2.45) is 0 Å². The third-order valence-electron chi connectivity index (χ3n) is 4.63. The zero-order valence-electron chi connectivity index (χ0n) is 15.6. The highest BCUT2D eigenvalue weighted by Crippen LogP contribution is 2.20. The van der Waals surface area contributed by atoms with E-state index in [1.165, 1.54) is 4.88 Å². The minimum atomic E-state index is -0.226. The molecular weight excluding hydrogens is 348 g/mol. The molecule has 0 unspecified atom stereocenters. The van der Waals surface area contributed by atoms with Crippen LogP contribution in [0.25, 0.3) is 0 Å². The summed E-state index contributed by atoms with van der Waals surface area (Å²) in [7, 11) is 1.96. The molecule has 1 aromatic heterocycles. The van der Waals surface area contributed by atoms with Crippen LogP contribution in [0.4, 0.5) is 11.4 Å². The summed E-state index contributed by atoms with van der Waals surface area (Å²) in [5.74, 6) is -0.00661. The summed E-state index contributed by atoms with van der Waals surface area (Å²) in [6.45, 7) is 7.98. The van der Waals surface area contributed by atoms with Crippen molar-refractivity contribution in [1.82, 2.24) is 9.88 Å². The maximum atomic E-state index is 12.5. The van der Waals surface area contributed by atoms with Crippen molar-refractivity contribution < 1.29 is 9.53 Å². The largest absolute Gasteiger partial charge is 0.378 e. The third kappa shape index (κ3) is 4.81. The number of likely N-dealkylation sites (N-methyl/N-ethyl adjacent to an activating group) is 1. The van der Waals surface area contributed by atoms with Gasteiger partial charge in [0.15, 0.2) is 0 Å². The number of thiazole rings is 1. The number of aromatic nitrogens is 1. The van der Waals surface area contributed by atoms with Gasteiger partial charge in [-0.1, -0.05) is 0 Å². The van der Waals surface area contributed by atoms with Crippen molar-refractivity contribution >= 4 is 28.6 Å². The maximum absolute atomic E-state index is 12.5. The van der Waals surface area contributed by atoms with Gasteiger partial charge < -0.3 is 15.0 Å². The highest BCUT2D eigenvalue weighted by Gasteiger charge is 2.19. The first-order chi connectivity index (χ1) is 12.5. The van der Waals surface area contributed by atoms with Crippen LogP contribution in [0, 0.1) is 6.92 Å². The summed E-state index contributed by atoms with van der Waals surface area (Å²) in [5.41, 5.74) is 1.98. The Kier molecular flexibility index (Phi) is 6.24. The molecule has 140 valence electrons.